The van der Waals surface area contributed by atoms with Crippen LogP contribution in [0.5, 0.6) is 0 Å². The molecule has 0 saturated heterocycles. The third kappa shape index (κ3) is 4.07. The second kappa shape index (κ2) is 7.44. The van der Waals surface area contributed by atoms with Crippen molar-refractivity contribution in [2.75, 3.05) is 0 Å². The molecule has 1 aliphatic rings. The number of esters is 1. The molecule has 1 fully saturated rings. The molecular formula is C17H25NO2. The Bertz CT molecular complexity index is 444. The van der Waals surface area contributed by atoms with Crippen LogP contribution in [0.25, 0.3) is 0 Å². The molecule has 2 N–H and O–H groups in total. The van der Waals surface area contributed by atoms with Crippen molar-refractivity contribution in [2.45, 2.75) is 58.1 Å². The van der Waals surface area contributed by atoms with Crippen LogP contribution in [0.1, 0.15) is 50.2 Å². The molecule has 1 aromatic carbocycles. The number of rotatable bonds is 5. The Morgan fingerprint density at radius 1 is 1.30 bits per heavy atom. The van der Waals surface area contributed by atoms with Gasteiger partial charge in [-0.05, 0) is 36.3 Å². The summed E-state index contributed by atoms with van der Waals surface area (Å²) in [6.45, 7) is 2.68. The molecule has 0 heterocycles. The quantitative estimate of drug-likeness (QED) is 0.840. The molecule has 0 aliphatic heterocycles. The number of hydrogen-bond acceptors (Lipinski definition) is 3. The van der Waals surface area contributed by atoms with E-state index in [9.17, 15) is 4.79 Å². The number of carbonyl (C=O) groups excluding carboxylic acids is 1. The van der Waals surface area contributed by atoms with Crippen LogP contribution < -0.4 is 5.73 Å². The van der Waals surface area contributed by atoms with E-state index in [-0.39, 0.29) is 12.1 Å². The zero-order valence-electron chi connectivity index (χ0n) is 12.3. The van der Waals surface area contributed by atoms with Crippen molar-refractivity contribution in [1.29, 1.82) is 0 Å². The van der Waals surface area contributed by atoms with Crippen molar-refractivity contribution in [3.05, 3.63) is 35.4 Å². The Hall–Kier alpha value is -1.35. The van der Waals surface area contributed by atoms with Gasteiger partial charge in [0.15, 0.2) is 0 Å². The first-order chi connectivity index (χ1) is 9.72. The molecule has 2 unspecified atom stereocenters. The SMILES string of the molecule is CCC1CCCC(OC(=O)Cc2ccccc2CN)C1. The molecule has 3 heteroatoms. The molecule has 110 valence electrons. The van der Waals surface area contributed by atoms with Gasteiger partial charge in [0.25, 0.3) is 0 Å². The fraction of sp³-hybridized carbons (Fsp3) is 0.588. The van der Waals surface area contributed by atoms with Crippen LogP contribution in [0, 0.1) is 5.92 Å². The van der Waals surface area contributed by atoms with Crippen LogP contribution in [-0.4, -0.2) is 12.1 Å². The van der Waals surface area contributed by atoms with Gasteiger partial charge in [-0.1, -0.05) is 44.0 Å². The predicted molar refractivity (Wildman–Crippen MR) is 80.2 cm³/mol. The Kier molecular flexibility index (Phi) is 5.60. The largest absolute Gasteiger partial charge is 0.462 e. The summed E-state index contributed by atoms with van der Waals surface area (Å²) in [6.07, 6.45) is 6.13. The first kappa shape index (κ1) is 15.0. The van der Waals surface area contributed by atoms with E-state index in [0.717, 1.165) is 29.9 Å². The number of hydrogen-bond donors (Lipinski definition) is 1. The zero-order valence-corrected chi connectivity index (χ0v) is 12.3. The lowest BCUT2D eigenvalue weighted by Gasteiger charge is -2.28. The van der Waals surface area contributed by atoms with E-state index in [0.29, 0.717) is 13.0 Å². The van der Waals surface area contributed by atoms with Crippen molar-refractivity contribution in [1.82, 2.24) is 0 Å². The van der Waals surface area contributed by atoms with E-state index < -0.39 is 0 Å². The summed E-state index contributed by atoms with van der Waals surface area (Å²) in [4.78, 5) is 12.1. The van der Waals surface area contributed by atoms with Gasteiger partial charge in [-0.3, -0.25) is 4.79 Å². The Morgan fingerprint density at radius 3 is 2.75 bits per heavy atom. The van der Waals surface area contributed by atoms with Gasteiger partial charge in [0.1, 0.15) is 6.10 Å². The van der Waals surface area contributed by atoms with E-state index in [1.807, 2.05) is 24.3 Å². The Balaban J connectivity index is 1.89. The van der Waals surface area contributed by atoms with Gasteiger partial charge in [0, 0.05) is 6.54 Å². The maximum absolute atomic E-state index is 12.1. The summed E-state index contributed by atoms with van der Waals surface area (Å²) in [7, 11) is 0. The van der Waals surface area contributed by atoms with Gasteiger partial charge in [0.2, 0.25) is 0 Å². The van der Waals surface area contributed by atoms with E-state index in [2.05, 4.69) is 6.92 Å². The van der Waals surface area contributed by atoms with Gasteiger partial charge in [-0.2, -0.15) is 0 Å². The minimum atomic E-state index is -0.118. The van der Waals surface area contributed by atoms with Gasteiger partial charge >= 0.3 is 5.97 Å². The number of nitrogens with two attached hydrogens (primary N) is 1. The average molecular weight is 275 g/mol. The van der Waals surface area contributed by atoms with Crippen LogP contribution in [0.4, 0.5) is 0 Å². The number of ether oxygens (including phenoxy) is 1. The predicted octanol–water partition coefficient (Wildman–Crippen LogP) is 3.20. The molecule has 0 radical (unpaired) electrons. The lowest BCUT2D eigenvalue weighted by Crippen LogP contribution is -2.26. The van der Waals surface area contributed by atoms with Crippen LogP contribution in [-0.2, 0) is 22.5 Å². The highest BCUT2D eigenvalue weighted by Crippen LogP contribution is 2.28. The average Bonchev–Trinajstić information content (AvgIpc) is 2.48. The van der Waals surface area contributed by atoms with E-state index in [1.54, 1.807) is 0 Å². The molecule has 20 heavy (non-hydrogen) atoms. The van der Waals surface area contributed by atoms with Crippen LogP contribution in [0.2, 0.25) is 0 Å². The molecule has 0 spiro atoms. The highest BCUT2D eigenvalue weighted by molar-refractivity contribution is 5.73. The van der Waals surface area contributed by atoms with Crippen molar-refractivity contribution in [2.24, 2.45) is 11.7 Å². The van der Waals surface area contributed by atoms with Crippen molar-refractivity contribution < 1.29 is 9.53 Å². The summed E-state index contributed by atoms with van der Waals surface area (Å²) in [6, 6.07) is 7.81. The molecular weight excluding hydrogens is 250 g/mol. The number of carbonyl (C=O) groups is 1. The molecule has 1 aliphatic carbocycles. The van der Waals surface area contributed by atoms with E-state index in [1.165, 1.54) is 19.3 Å². The third-order valence-corrected chi connectivity index (χ3v) is 4.28. The summed E-state index contributed by atoms with van der Waals surface area (Å²) >= 11 is 0. The first-order valence-corrected chi connectivity index (χ1v) is 7.69. The van der Waals surface area contributed by atoms with Crippen molar-refractivity contribution in [3.8, 4) is 0 Å². The van der Waals surface area contributed by atoms with Crippen LogP contribution in [0.3, 0.4) is 0 Å². The maximum Gasteiger partial charge on any atom is 0.310 e. The molecule has 2 atom stereocenters. The standard InChI is InChI=1S/C17H25NO2/c1-2-13-6-5-9-16(10-13)20-17(19)11-14-7-3-4-8-15(14)12-18/h3-4,7-8,13,16H,2,5-6,9-12,18H2,1H3. The minimum Gasteiger partial charge on any atom is -0.462 e. The Labute approximate surface area is 121 Å². The second-order valence-corrected chi connectivity index (χ2v) is 5.70. The summed E-state index contributed by atoms with van der Waals surface area (Å²) < 4.78 is 5.65. The topological polar surface area (TPSA) is 52.3 Å². The number of benzene rings is 1. The molecule has 0 aromatic heterocycles. The monoisotopic (exact) mass is 275 g/mol. The highest BCUT2D eigenvalue weighted by Gasteiger charge is 2.23. The molecule has 0 amide bonds. The lowest BCUT2D eigenvalue weighted by atomic mass is 9.85. The summed E-state index contributed by atoms with van der Waals surface area (Å²) in [5.74, 6) is 0.602. The summed E-state index contributed by atoms with van der Waals surface area (Å²) in [5, 5.41) is 0. The third-order valence-electron chi connectivity index (χ3n) is 4.28. The fourth-order valence-electron chi connectivity index (χ4n) is 3.03. The second-order valence-electron chi connectivity index (χ2n) is 5.70. The minimum absolute atomic E-state index is 0.117. The molecule has 1 aromatic rings. The van der Waals surface area contributed by atoms with Crippen LogP contribution >= 0.6 is 0 Å². The highest BCUT2D eigenvalue weighted by atomic mass is 16.5. The zero-order chi connectivity index (χ0) is 14.4. The first-order valence-electron chi connectivity index (χ1n) is 7.69. The smallest absolute Gasteiger partial charge is 0.310 e. The van der Waals surface area contributed by atoms with Gasteiger partial charge < -0.3 is 10.5 Å². The lowest BCUT2D eigenvalue weighted by molar-refractivity contribution is -0.150. The van der Waals surface area contributed by atoms with Crippen LogP contribution in [0.15, 0.2) is 24.3 Å². The molecule has 0 bridgehead atoms. The maximum atomic E-state index is 12.1. The molecule has 2 rings (SSSR count). The van der Waals surface area contributed by atoms with Crippen molar-refractivity contribution in [3.63, 3.8) is 0 Å². The molecule has 1 saturated carbocycles. The van der Waals surface area contributed by atoms with Gasteiger partial charge in [0.05, 0.1) is 6.42 Å². The Morgan fingerprint density at radius 2 is 2.05 bits per heavy atom. The fourth-order valence-corrected chi connectivity index (χ4v) is 3.03. The van der Waals surface area contributed by atoms with Crippen molar-refractivity contribution >= 4 is 5.97 Å². The van der Waals surface area contributed by atoms with E-state index >= 15 is 0 Å². The molecule has 3 nitrogen and oxygen atoms in total. The summed E-state index contributed by atoms with van der Waals surface area (Å²) in [5.41, 5.74) is 7.71. The van der Waals surface area contributed by atoms with Gasteiger partial charge in [-0.15, -0.1) is 0 Å². The van der Waals surface area contributed by atoms with Gasteiger partial charge in [-0.25, -0.2) is 0 Å². The normalized spacial score (nSPS) is 22.5. The van der Waals surface area contributed by atoms with E-state index in [4.69, 9.17) is 10.5 Å².